The number of phenols is 1. The molecule has 1 heterocycles. The van der Waals surface area contributed by atoms with Gasteiger partial charge in [-0.05, 0) is 26.8 Å². The molecule has 0 aromatic heterocycles. The van der Waals surface area contributed by atoms with Gasteiger partial charge in [-0.3, -0.25) is 0 Å². The highest BCUT2D eigenvalue weighted by Crippen LogP contribution is 2.30. The third kappa shape index (κ3) is 2.76. The largest absolute Gasteiger partial charge is 0.507 e. The number of nitrogens with zero attached hydrogens (tertiary/aromatic N) is 1. The molecule has 0 aliphatic carbocycles. The van der Waals surface area contributed by atoms with Crippen LogP contribution in [-0.4, -0.2) is 35.5 Å². The molecule has 0 amide bonds. The van der Waals surface area contributed by atoms with E-state index in [1.807, 2.05) is 6.07 Å². The van der Waals surface area contributed by atoms with Gasteiger partial charge in [0, 0.05) is 30.4 Å². The summed E-state index contributed by atoms with van der Waals surface area (Å²) in [6.45, 7) is 8.06. The third-order valence-corrected chi connectivity index (χ3v) is 3.25. The molecular weight excluding hydrogens is 230 g/mol. The minimum Gasteiger partial charge on any atom is -0.507 e. The Hall–Kier alpha value is -1.26. The molecule has 1 aliphatic rings. The normalized spacial score (nSPS) is 20.8. The SMILES string of the molecule is CC(O)c1ccc(N2CCOC(C)(C)C2)cc1O. The number of anilines is 1. The molecule has 1 aromatic rings. The minimum absolute atomic E-state index is 0.145. The van der Waals surface area contributed by atoms with Crippen molar-refractivity contribution in [3.63, 3.8) is 0 Å². The quantitative estimate of drug-likeness (QED) is 0.844. The number of rotatable bonds is 2. The molecule has 2 rings (SSSR count). The molecule has 18 heavy (non-hydrogen) atoms. The molecule has 1 saturated heterocycles. The van der Waals surface area contributed by atoms with E-state index in [-0.39, 0.29) is 11.4 Å². The maximum atomic E-state index is 9.90. The van der Waals surface area contributed by atoms with Crippen LogP contribution in [0, 0.1) is 0 Å². The fourth-order valence-electron chi connectivity index (χ4n) is 2.32. The van der Waals surface area contributed by atoms with Crippen molar-refractivity contribution in [2.75, 3.05) is 24.6 Å². The van der Waals surface area contributed by atoms with Gasteiger partial charge in [-0.15, -0.1) is 0 Å². The predicted molar refractivity (Wildman–Crippen MR) is 71.0 cm³/mol. The van der Waals surface area contributed by atoms with Crippen LogP contribution in [0.5, 0.6) is 5.75 Å². The Kier molecular flexibility index (Phi) is 3.50. The molecule has 0 radical (unpaired) electrons. The number of hydrogen-bond acceptors (Lipinski definition) is 4. The van der Waals surface area contributed by atoms with Crippen LogP contribution < -0.4 is 4.90 Å². The van der Waals surface area contributed by atoms with Crippen molar-refractivity contribution in [3.05, 3.63) is 23.8 Å². The Morgan fingerprint density at radius 3 is 2.67 bits per heavy atom. The summed E-state index contributed by atoms with van der Waals surface area (Å²) >= 11 is 0. The van der Waals surface area contributed by atoms with E-state index in [1.165, 1.54) is 0 Å². The van der Waals surface area contributed by atoms with Crippen molar-refractivity contribution < 1.29 is 14.9 Å². The molecule has 1 atom stereocenters. The first kappa shape index (κ1) is 13.2. The van der Waals surface area contributed by atoms with Gasteiger partial charge >= 0.3 is 0 Å². The Morgan fingerprint density at radius 2 is 2.11 bits per heavy atom. The van der Waals surface area contributed by atoms with Crippen molar-refractivity contribution in [1.82, 2.24) is 0 Å². The smallest absolute Gasteiger partial charge is 0.123 e. The van der Waals surface area contributed by atoms with Crippen LogP contribution in [0.2, 0.25) is 0 Å². The first-order chi connectivity index (χ1) is 8.39. The number of benzene rings is 1. The van der Waals surface area contributed by atoms with Gasteiger partial charge in [-0.1, -0.05) is 6.07 Å². The molecule has 0 saturated carbocycles. The zero-order chi connectivity index (χ0) is 13.3. The molecule has 2 N–H and O–H groups in total. The molecule has 100 valence electrons. The molecular formula is C14H21NO3. The topological polar surface area (TPSA) is 52.9 Å². The molecule has 0 bridgehead atoms. The highest BCUT2D eigenvalue weighted by atomic mass is 16.5. The monoisotopic (exact) mass is 251 g/mol. The second-order valence-electron chi connectivity index (χ2n) is 5.45. The van der Waals surface area contributed by atoms with Crippen LogP contribution in [0.3, 0.4) is 0 Å². The summed E-state index contributed by atoms with van der Waals surface area (Å²) < 4.78 is 5.67. The highest BCUT2D eigenvalue weighted by Gasteiger charge is 2.27. The lowest BCUT2D eigenvalue weighted by atomic mass is 10.0. The van der Waals surface area contributed by atoms with E-state index in [4.69, 9.17) is 4.74 Å². The number of phenolic OH excluding ortho intramolecular Hbond substituents is 1. The lowest BCUT2D eigenvalue weighted by molar-refractivity contribution is -0.0277. The third-order valence-electron chi connectivity index (χ3n) is 3.25. The number of aromatic hydroxyl groups is 1. The van der Waals surface area contributed by atoms with Crippen LogP contribution in [0.15, 0.2) is 18.2 Å². The highest BCUT2D eigenvalue weighted by molar-refractivity contribution is 5.54. The molecule has 4 nitrogen and oxygen atoms in total. The summed E-state index contributed by atoms with van der Waals surface area (Å²) in [7, 11) is 0. The molecule has 1 unspecified atom stereocenters. The fourth-order valence-corrected chi connectivity index (χ4v) is 2.32. The first-order valence-electron chi connectivity index (χ1n) is 6.29. The van der Waals surface area contributed by atoms with Crippen LogP contribution in [0.25, 0.3) is 0 Å². The van der Waals surface area contributed by atoms with E-state index in [0.29, 0.717) is 12.2 Å². The average Bonchev–Trinajstić information content (AvgIpc) is 2.27. The number of hydrogen-bond donors (Lipinski definition) is 2. The molecule has 1 aromatic carbocycles. The van der Waals surface area contributed by atoms with Crippen molar-refractivity contribution >= 4 is 5.69 Å². The van der Waals surface area contributed by atoms with Crippen LogP contribution in [0.4, 0.5) is 5.69 Å². The molecule has 0 spiro atoms. The van der Waals surface area contributed by atoms with Gasteiger partial charge in [0.1, 0.15) is 5.75 Å². The molecule has 4 heteroatoms. The van der Waals surface area contributed by atoms with E-state index in [0.717, 1.165) is 18.8 Å². The van der Waals surface area contributed by atoms with E-state index in [1.54, 1.807) is 19.1 Å². The Balaban J connectivity index is 2.21. The maximum Gasteiger partial charge on any atom is 0.123 e. The number of ether oxygens (including phenoxy) is 1. The summed E-state index contributed by atoms with van der Waals surface area (Å²) in [5, 5.41) is 19.4. The molecule has 1 fully saturated rings. The summed E-state index contributed by atoms with van der Waals surface area (Å²) in [6, 6.07) is 5.42. The van der Waals surface area contributed by atoms with Crippen LogP contribution in [-0.2, 0) is 4.74 Å². The second-order valence-corrected chi connectivity index (χ2v) is 5.45. The summed E-state index contributed by atoms with van der Waals surface area (Å²) in [4.78, 5) is 2.19. The minimum atomic E-state index is -0.653. The van der Waals surface area contributed by atoms with Crippen molar-refractivity contribution in [2.24, 2.45) is 0 Å². The van der Waals surface area contributed by atoms with Gasteiger partial charge < -0.3 is 19.8 Å². The number of morpholine rings is 1. The van der Waals surface area contributed by atoms with Crippen molar-refractivity contribution in [3.8, 4) is 5.75 Å². The number of aliphatic hydroxyl groups is 1. The Morgan fingerprint density at radius 1 is 1.39 bits per heavy atom. The fraction of sp³-hybridized carbons (Fsp3) is 0.571. The van der Waals surface area contributed by atoms with E-state index in [2.05, 4.69) is 18.7 Å². The van der Waals surface area contributed by atoms with Gasteiger partial charge in [0.15, 0.2) is 0 Å². The zero-order valence-corrected chi connectivity index (χ0v) is 11.2. The van der Waals surface area contributed by atoms with E-state index < -0.39 is 6.10 Å². The lowest BCUT2D eigenvalue weighted by Gasteiger charge is -2.39. The van der Waals surface area contributed by atoms with Crippen LogP contribution >= 0.6 is 0 Å². The second kappa shape index (κ2) is 4.78. The average molecular weight is 251 g/mol. The van der Waals surface area contributed by atoms with Gasteiger partial charge in [-0.25, -0.2) is 0 Å². The van der Waals surface area contributed by atoms with Gasteiger partial charge in [0.05, 0.1) is 18.3 Å². The van der Waals surface area contributed by atoms with Crippen LogP contribution in [0.1, 0.15) is 32.4 Å². The lowest BCUT2D eigenvalue weighted by Crippen LogP contribution is -2.48. The first-order valence-corrected chi connectivity index (χ1v) is 6.29. The van der Waals surface area contributed by atoms with Gasteiger partial charge in [0.25, 0.3) is 0 Å². The van der Waals surface area contributed by atoms with E-state index >= 15 is 0 Å². The van der Waals surface area contributed by atoms with E-state index in [9.17, 15) is 10.2 Å². The van der Waals surface area contributed by atoms with Crippen molar-refractivity contribution in [1.29, 1.82) is 0 Å². The zero-order valence-electron chi connectivity index (χ0n) is 11.2. The maximum absolute atomic E-state index is 9.90. The Bertz CT molecular complexity index is 429. The van der Waals surface area contributed by atoms with Crippen molar-refractivity contribution in [2.45, 2.75) is 32.5 Å². The number of aliphatic hydroxyl groups excluding tert-OH is 1. The Labute approximate surface area is 108 Å². The summed E-state index contributed by atoms with van der Waals surface area (Å²) in [5.74, 6) is 0.145. The molecule has 1 aliphatic heterocycles. The standard InChI is InChI=1S/C14H21NO3/c1-10(16)12-5-4-11(8-13(12)17)15-6-7-18-14(2,3)9-15/h4-5,8,10,16-17H,6-7,9H2,1-3H3. The summed E-state index contributed by atoms with van der Waals surface area (Å²) in [6.07, 6.45) is -0.653. The predicted octanol–water partition coefficient (Wildman–Crippen LogP) is 2.06. The van der Waals surface area contributed by atoms with Gasteiger partial charge in [-0.2, -0.15) is 0 Å². The summed E-state index contributed by atoms with van der Waals surface area (Å²) in [5.41, 5.74) is 1.36. The van der Waals surface area contributed by atoms with Gasteiger partial charge in [0.2, 0.25) is 0 Å².